The van der Waals surface area contributed by atoms with Crippen molar-refractivity contribution in [2.45, 2.75) is 66.0 Å². The monoisotopic (exact) mass is 296 g/mol. The number of thiazole rings is 1. The molecule has 0 saturated heterocycles. The minimum absolute atomic E-state index is 0.280. The molecule has 0 amide bonds. The van der Waals surface area contributed by atoms with Crippen molar-refractivity contribution in [3.8, 4) is 0 Å². The van der Waals surface area contributed by atoms with Gasteiger partial charge in [-0.3, -0.25) is 0 Å². The Bertz CT molecular complexity index is 465. The van der Waals surface area contributed by atoms with Gasteiger partial charge in [0.2, 0.25) is 0 Å². The fourth-order valence-electron chi connectivity index (χ4n) is 3.02. The Labute approximate surface area is 127 Å². The number of aromatic nitrogens is 1. The molecular weight excluding hydrogens is 268 g/mol. The van der Waals surface area contributed by atoms with E-state index in [1.165, 1.54) is 17.0 Å². The predicted octanol–water partition coefficient (Wildman–Crippen LogP) is 4.04. The van der Waals surface area contributed by atoms with Gasteiger partial charge in [-0.1, -0.05) is 20.8 Å². The summed E-state index contributed by atoms with van der Waals surface area (Å²) in [4.78, 5) is 6.35. The average Bonchev–Trinajstić information content (AvgIpc) is 2.72. The van der Waals surface area contributed by atoms with Crippen molar-refractivity contribution in [3.05, 3.63) is 15.6 Å². The van der Waals surface area contributed by atoms with Gasteiger partial charge in [-0.2, -0.15) is 0 Å². The van der Waals surface area contributed by atoms with Crippen molar-refractivity contribution in [2.75, 3.05) is 13.2 Å². The van der Waals surface area contributed by atoms with Crippen LogP contribution in [0.1, 0.15) is 69.6 Å². The summed E-state index contributed by atoms with van der Waals surface area (Å²) in [6.07, 6.45) is 2.26. The van der Waals surface area contributed by atoms with Gasteiger partial charge in [-0.25, -0.2) is 4.98 Å². The molecule has 0 spiro atoms. The number of hydrogen-bond acceptors (Lipinski definition) is 4. The van der Waals surface area contributed by atoms with E-state index in [9.17, 15) is 0 Å². The second-order valence-electron chi connectivity index (χ2n) is 6.93. The highest BCUT2D eigenvalue weighted by atomic mass is 32.1. The van der Waals surface area contributed by atoms with Gasteiger partial charge in [-0.15, -0.1) is 11.3 Å². The third-order valence-electron chi connectivity index (χ3n) is 3.92. The Kier molecular flexibility index (Phi) is 4.57. The molecule has 0 radical (unpaired) electrons. The second-order valence-corrected chi connectivity index (χ2v) is 7.96. The molecule has 1 aliphatic carbocycles. The number of nitrogens with zero attached hydrogens (tertiary/aromatic N) is 1. The van der Waals surface area contributed by atoms with E-state index >= 15 is 0 Å². The summed E-state index contributed by atoms with van der Waals surface area (Å²) in [6.45, 7) is 14.9. The molecule has 0 fully saturated rings. The number of ether oxygens (including phenoxy) is 1. The lowest BCUT2D eigenvalue weighted by Crippen LogP contribution is -2.32. The van der Waals surface area contributed by atoms with E-state index in [1.54, 1.807) is 0 Å². The predicted molar refractivity (Wildman–Crippen MR) is 85.3 cm³/mol. The standard InChI is InChI=1S/C16H28N2OS/c1-7-17-11-9-15(3,4)10-12-13(11)20-14(18-12)16(5,6)19-8-2/h11,17H,7-10H2,1-6H3. The molecule has 1 aliphatic rings. The van der Waals surface area contributed by atoms with E-state index in [0.717, 1.165) is 24.6 Å². The lowest BCUT2D eigenvalue weighted by atomic mass is 9.76. The van der Waals surface area contributed by atoms with E-state index in [0.29, 0.717) is 11.5 Å². The fraction of sp³-hybridized carbons (Fsp3) is 0.812. The van der Waals surface area contributed by atoms with E-state index in [-0.39, 0.29) is 5.60 Å². The Morgan fingerprint density at radius 1 is 1.40 bits per heavy atom. The number of nitrogens with one attached hydrogen (secondary N) is 1. The van der Waals surface area contributed by atoms with Crippen LogP contribution in [0.2, 0.25) is 0 Å². The van der Waals surface area contributed by atoms with Gasteiger partial charge >= 0.3 is 0 Å². The zero-order chi connectivity index (χ0) is 15.0. The zero-order valence-corrected chi connectivity index (χ0v) is 14.5. The Morgan fingerprint density at radius 2 is 2.10 bits per heavy atom. The topological polar surface area (TPSA) is 34.2 Å². The quantitative estimate of drug-likeness (QED) is 0.890. The van der Waals surface area contributed by atoms with Crippen LogP contribution in [-0.2, 0) is 16.8 Å². The van der Waals surface area contributed by atoms with Crippen molar-refractivity contribution >= 4 is 11.3 Å². The fourth-order valence-corrected chi connectivity index (χ4v) is 4.24. The van der Waals surface area contributed by atoms with Crippen molar-refractivity contribution in [1.82, 2.24) is 10.3 Å². The molecule has 1 atom stereocenters. The van der Waals surface area contributed by atoms with Gasteiger partial charge in [-0.05, 0) is 45.6 Å². The first-order chi connectivity index (χ1) is 9.29. The lowest BCUT2D eigenvalue weighted by Gasteiger charge is -2.34. The van der Waals surface area contributed by atoms with Gasteiger partial charge in [0.1, 0.15) is 10.6 Å². The van der Waals surface area contributed by atoms with Crippen molar-refractivity contribution in [3.63, 3.8) is 0 Å². The highest BCUT2D eigenvalue weighted by Gasteiger charge is 2.37. The van der Waals surface area contributed by atoms with Crippen molar-refractivity contribution < 1.29 is 4.74 Å². The highest BCUT2D eigenvalue weighted by molar-refractivity contribution is 7.12. The van der Waals surface area contributed by atoms with Gasteiger partial charge in [0.05, 0.1) is 5.69 Å². The maximum absolute atomic E-state index is 5.87. The summed E-state index contributed by atoms with van der Waals surface area (Å²) in [5.41, 5.74) is 1.32. The smallest absolute Gasteiger partial charge is 0.125 e. The SMILES string of the molecule is CCNC1CC(C)(C)Cc2nc(C(C)(C)OCC)sc21. The van der Waals surface area contributed by atoms with Gasteiger partial charge < -0.3 is 10.1 Å². The van der Waals surface area contributed by atoms with Crippen LogP contribution in [0.5, 0.6) is 0 Å². The van der Waals surface area contributed by atoms with Crippen LogP contribution >= 0.6 is 11.3 Å². The van der Waals surface area contributed by atoms with Crippen molar-refractivity contribution in [1.29, 1.82) is 0 Å². The van der Waals surface area contributed by atoms with Gasteiger partial charge in [0.15, 0.2) is 0 Å². The molecule has 1 heterocycles. The maximum Gasteiger partial charge on any atom is 0.125 e. The molecule has 114 valence electrons. The summed E-state index contributed by atoms with van der Waals surface area (Å²) in [7, 11) is 0. The summed E-state index contributed by atoms with van der Waals surface area (Å²) in [5, 5.41) is 4.74. The molecule has 2 rings (SSSR count). The first-order valence-electron chi connectivity index (χ1n) is 7.66. The average molecular weight is 296 g/mol. The van der Waals surface area contributed by atoms with Crippen LogP contribution in [0, 0.1) is 5.41 Å². The third kappa shape index (κ3) is 3.23. The third-order valence-corrected chi connectivity index (χ3v) is 5.43. The van der Waals surface area contributed by atoms with Crippen LogP contribution in [0.4, 0.5) is 0 Å². The van der Waals surface area contributed by atoms with E-state index in [4.69, 9.17) is 9.72 Å². The summed E-state index contributed by atoms with van der Waals surface area (Å²) >= 11 is 1.83. The van der Waals surface area contributed by atoms with Crippen LogP contribution in [-0.4, -0.2) is 18.1 Å². The van der Waals surface area contributed by atoms with Crippen LogP contribution in [0.3, 0.4) is 0 Å². The van der Waals surface area contributed by atoms with Crippen molar-refractivity contribution in [2.24, 2.45) is 5.41 Å². The van der Waals surface area contributed by atoms with Crippen LogP contribution in [0.25, 0.3) is 0 Å². The molecule has 1 N–H and O–H groups in total. The largest absolute Gasteiger partial charge is 0.369 e. The first-order valence-corrected chi connectivity index (χ1v) is 8.48. The van der Waals surface area contributed by atoms with Gasteiger partial charge in [0.25, 0.3) is 0 Å². The minimum Gasteiger partial charge on any atom is -0.369 e. The molecule has 1 unspecified atom stereocenters. The molecule has 4 heteroatoms. The molecule has 0 aliphatic heterocycles. The van der Waals surface area contributed by atoms with Crippen LogP contribution in [0.15, 0.2) is 0 Å². The zero-order valence-electron chi connectivity index (χ0n) is 13.7. The molecule has 1 aromatic rings. The molecule has 0 aromatic carbocycles. The van der Waals surface area contributed by atoms with Crippen LogP contribution < -0.4 is 5.32 Å². The summed E-state index contributed by atoms with van der Waals surface area (Å²) in [5.74, 6) is 0. The van der Waals surface area contributed by atoms with E-state index in [2.05, 4.69) is 39.9 Å². The highest BCUT2D eigenvalue weighted by Crippen LogP contribution is 2.44. The number of fused-ring (bicyclic) bond motifs is 1. The second kappa shape index (κ2) is 5.74. The molecular formula is C16H28N2OS. The Balaban J connectivity index is 2.35. The first kappa shape index (κ1) is 15.9. The van der Waals surface area contributed by atoms with Gasteiger partial charge in [0, 0.05) is 17.5 Å². The minimum atomic E-state index is -0.280. The van der Waals surface area contributed by atoms with E-state index in [1.807, 2.05) is 18.3 Å². The molecule has 0 bridgehead atoms. The number of hydrogen-bond donors (Lipinski definition) is 1. The molecule has 0 saturated carbocycles. The number of rotatable bonds is 5. The maximum atomic E-state index is 5.87. The Morgan fingerprint density at radius 3 is 2.70 bits per heavy atom. The Hall–Kier alpha value is -0.450. The summed E-state index contributed by atoms with van der Waals surface area (Å²) in [6, 6.07) is 0.447. The summed E-state index contributed by atoms with van der Waals surface area (Å²) < 4.78 is 5.87. The normalized spacial score (nSPS) is 21.8. The molecule has 1 aromatic heterocycles. The molecule has 3 nitrogen and oxygen atoms in total. The van der Waals surface area contributed by atoms with E-state index < -0.39 is 0 Å². The molecule has 20 heavy (non-hydrogen) atoms. The lowest BCUT2D eigenvalue weighted by molar-refractivity contribution is -0.0143.